The van der Waals surface area contributed by atoms with Crippen LogP contribution in [0.1, 0.15) is 17.0 Å². The minimum absolute atomic E-state index is 0.438. The fourth-order valence-electron chi connectivity index (χ4n) is 1.51. The van der Waals surface area contributed by atoms with E-state index in [9.17, 15) is 0 Å². The quantitative estimate of drug-likeness (QED) is 0.846. The molecule has 2 aromatic rings. The molecule has 0 aliphatic heterocycles. The summed E-state index contributed by atoms with van der Waals surface area (Å²) < 4.78 is 2.61. The molecule has 0 saturated carbocycles. The lowest BCUT2D eigenvalue weighted by atomic mass is 10.2. The average molecular weight is 276 g/mol. The lowest BCUT2D eigenvalue weighted by Crippen LogP contribution is -2.03. The summed E-state index contributed by atoms with van der Waals surface area (Å²) in [6.45, 7) is 2.63. The molecule has 0 amide bonds. The van der Waals surface area contributed by atoms with Crippen molar-refractivity contribution in [3.63, 3.8) is 0 Å². The topological polar surface area (TPSA) is 41.6 Å². The molecule has 0 radical (unpaired) electrons. The standard InChI is InChI=1S/C12H10BrN3/c1-9-12(13)11(7-14)15-16(9)8-10-5-3-2-4-6-10/h2-6H,8H2,1H3. The molecule has 4 heteroatoms. The second-order valence-corrected chi connectivity index (χ2v) is 4.30. The zero-order valence-corrected chi connectivity index (χ0v) is 10.4. The Bertz CT molecular complexity index is 537. The van der Waals surface area contributed by atoms with Crippen LogP contribution in [0.25, 0.3) is 0 Å². The van der Waals surface area contributed by atoms with Gasteiger partial charge in [0, 0.05) is 0 Å². The highest BCUT2D eigenvalue weighted by atomic mass is 79.9. The van der Waals surface area contributed by atoms with Gasteiger partial charge in [0.2, 0.25) is 0 Å². The van der Waals surface area contributed by atoms with Crippen molar-refractivity contribution in [2.24, 2.45) is 0 Å². The average Bonchev–Trinajstić information content (AvgIpc) is 2.58. The van der Waals surface area contributed by atoms with Crippen molar-refractivity contribution in [3.05, 3.63) is 51.8 Å². The minimum Gasteiger partial charge on any atom is -0.263 e. The minimum atomic E-state index is 0.438. The second-order valence-electron chi connectivity index (χ2n) is 3.50. The third-order valence-corrected chi connectivity index (χ3v) is 3.36. The fourth-order valence-corrected chi connectivity index (χ4v) is 1.88. The summed E-state index contributed by atoms with van der Waals surface area (Å²) in [6, 6.07) is 12.1. The molecule has 1 heterocycles. The van der Waals surface area contributed by atoms with Gasteiger partial charge in [-0.2, -0.15) is 10.4 Å². The summed E-state index contributed by atoms with van der Waals surface area (Å²) in [5.74, 6) is 0. The Morgan fingerprint density at radius 3 is 2.62 bits per heavy atom. The normalized spacial score (nSPS) is 10.1. The van der Waals surface area contributed by atoms with E-state index in [2.05, 4.69) is 27.1 Å². The van der Waals surface area contributed by atoms with Crippen LogP contribution in [0.5, 0.6) is 0 Å². The van der Waals surface area contributed by atoms with Crippen LogP contribution in [-0.4, -0.2) is 9.78 Å². The van der Waals surface area contributed by atoms with Crippen molar-refractivity contribution >= 4 is 15.9 Å². The molecule has 80 valence electrons. The maximum absolute atomic E-state index is 8.87. The van der Waals surface area contributed by atoms with Gasteiger partial charge < -0.3 is 0 Å². The molecule has 0 N–H and O–H groups in total. The van der Waals surface area contributed by atoms with E-state index in [0.29, 0.717) is 12.2 Å². The van der Waals surface area contributed by atoms with Gasteiger partial charge in [0.05, 0.1) is 16.7 Å². The zero-order valence-electron chi connectivity index (χ0n) is 8.81. The molecular weight excluding hydrogens is 266 g/mol. The van der Waals surface area contributed by atoms with E-state index in [-0.39, 0.29) is 0 Å². The Kier molecular flexibility index (Phi) is 3.07. The van der Waals surface area contributed by atoms with Gasteiger partial charge in [-0.1, -0.05) is 30.3 Å². The molecule has 16 heavy (non-hydrogen) atoms. The van der Waals surface area contributed by atoms with Crippen LogP contribution in [0.15, 0.2) is 34.8 Å². The van der Waals surface area contributed by atoms with Gasteiger partial charge in [-0.25, -0.2) is 0 Å². The number of aromatic nitrogens is 2. The van der Waals surface area contributed by atoms with Crippen LogP contribution < -0.4 is 0 Å². The van der Waals surface area contributed by atoms with Gasteiger partial charge in [0.25, 0.3) is 0 Å². The van der Waals surface area contributed by atoms with Crippen LogP contribution in [-0.2, 0) is 6.54 Å². The molecule has 2 rings (SSSR count). The molecule has 0 bridgehead atoms. The van der Waals surface area contributed by atoms with Gasteiger partial charge in [-0.15, -0.1) is 0 Å². The van der Waals surface area contributed by atoms with Gasteiger partial charge >= 0.3 is 0 Å². The molecule has 0 unspecified atom stereocenters. The van der Waals surface area contributed by atoms with Crippen LogP contribution in [0.2, 0.25) is 0 Å². The Hall–Kier alpha value is -1.60. The summed E-state index contributed by atoms with van der Waals surface area (Å²) in [7, 11) is 0. The molecule has 0 spiro atoms. The Morgan fingerprint density at radius 1 is 1.38 bits per heavy atom. The summed E-state index contributed by atoms with van der Waals surface area (Å²) in [5, 5.41) is 13.1. The summed E-state index contributed by atoms with van der Waals surface area (Å²) in [4.78, 5) is 0. The van der Waals surface area contributed by atoms with Crippen molar-refractivity contribution in [3.8, 4) is 6.07 Å². The Labute approximate surface area is 102 Å². The summed E-state index contributed by atoms with van der Waals surface area (Å²) in [5.41, 5.74) is 2.58. The third-order valence-electron chi connectivity index (χ3n) is 2.41. The van der Waals surface area contributed by atoms with Gasteiger partial charge in [-0.3, -0.25) is 4.68 Å². The highest BCUT2D eigenvalue weighted by Gasteiger charge is 2.11. The van der Waals surface area contributed by atoms with E-state index in [0.717, 1.165) is 10.2 Å². The summed E-state index contributed by atoms with van der Waals surface area (Å²) in [6.07, 6.45) is 0. The molecule has 0 aliphatic rings. The maximum atomic E-state index is 8.87. The molecule has 0 aliphatic carbocycles. The zero-order chi connectivity index (χ0) is 11.5. The monoisotopic (exact) mass is 275 g/mol. The summed E-state index contributed by atoms with van der Waals surface area (Å²) >= 11 is 3.37. The van der Waals surface area contributed by atoms with Crippen molar-refractivity contribution < 1.29 is 0 Å². The van der Waals surface area contributed by atoms with E-state index >= 15 is 0 Å². The molecule has 0 saturated heterocycles. The van der Waals surface area contributed by atoms with E-state index in [4.69, 9.17) is 5.26 Å². The number of nitriles is 1. The van der Waals surface area contributed by atoms with Crippen molar-refractivity contribution in [2.45, 2.75) is 13.5 Å². The Balaban J connectivity index is 2.33. The smallest absolute Gasteiger partial charge is 0.176 e. The third kappa shape index (κ3) is 2.00. The van der Waals surface area contributed by atoms with E-state index in [1.807, 2.05) is 41.9 Å². The van der Waals surface area contributed by atoms with E-state index in [1.165, 1.54) is 5.56 Å². The predicted molar refractivity (Wildman–Crippen MR) is 64.9 cm³/mol. The van der Waals surface area contributed by atoms with E-state index in [1.54, 1.807) is 0 Å². The van der Waals surface area contributed by atoms with Crippen LogP contribution >= 0.6 is 15.9 Å². The number of nitrogens with zero attached hydrogens (tertiary/aromatic N) is 3. The fraction of sp³-hybridized carbons (Fsp3) is 0.167. The highest BCUT2D eigenvalue weighted by Crippen LogP contribution is 2.20. The number of benzene rings is 1. The van der Waals surface area contributed by atoms with Crippen molar-refractivity contribution in [2.75, 3.05) is 0 Å². The Morgan fingerprint density at radius 2 is 2.06 bits per heavy atom. The molecule has 3 nitrogen and oxygen atoms in total. The maximum Gasteiger partial charge on any atom is 0.176 e. The molecule has 1 aromatic heterocycles. The van der Waals surface area contributed by atoms with E-state index < -0.39 is 0 Å². The van der Waals surface area contributed by atoms with Crippen molar-refractivity contribution in [1.29, 1.82) is 5.26 Å². The van der Waals surface area contributed by atoms with Crippen LogP contribution in [0.4, 0.5) is 0 Å². The molecule has 0 atom stereocenters. The van der Waals surface area contributed by atoms with Crippen LogP contribution in [0.3, 0.4) is 0 Å². The van der Waals surface area contributed by atoms with Gasteiger partial charge in [-0.05, 0) is 28.4 Å². The molecule has 0 fully saturated rings. The van der Waals surface area contributed by atoms with Gasteiger partial charge in [0.1, 0.15) is 6.07 Å². The number of hydrogen-bond donors (Lipinski definition) is 0. The number of halogens is 1. The SMILES string of the molecule is Cc1c(Br)c(C#N)nn1Cc1ccccc1. The molecule has 1 aromatic carbocycles. The second kappa shape index (κ2) is 4.50. The number of rotatable bonds is 2. The predicted octanol–water partition coefficient (Wildman–Crippen LogP) is 2.87. The van der Waals surface area contributed by atoms with Gasteiger partial charge in [0.15, 0.2) is 5.69 Å². The first kappa shape index (κ1) is 10.9. The lowest BCUT2D eigenvalue weighted by molar-refractivity contribution is 0.662. The first-order chi connectivity index (χ1) is 7.72. The molecular formula is C12H10BrN3. The van der Waals surface area contributed by atoms with Crippen molar-refractivity contribution in [1.82, 2.24) is 9.78 Å². The first-order valence-corrected chi connectivity index (χ1v) is 5.68. The largest absolute Gasteiger partial charge is 0.263 e. The highest BCUT2D eigenvalue weighted by molar-refractivity contribution is 9.10. The first-order valence-electron chi connectivity index (χ1n) is 4.89. The van der Waals surface area contributed by atoms with Crippen LogP contribution in [0, 0.1) is 18.3 Å². The number of hydrogen-bond acceptors (Lipinski definition) is 2. The lowest BCUT2D eigenvalue weighted by Gasteiger charge is -2.03.